The number of nitrogens with zero attached hydrogens (tertiary/aromatic N) is 2. The highest BCUT2D eigenvalue weighted by atomic mass is 16.5. The summed E-state index contributed by atoms with van der Waals surface area (Å²) in [6, 6.07) is 15.0. The summed E-state index contributed by atoms with van der Waals surface area (Å²) >= 11 is 0. The van der Waals surface area contributed by atoms with Gasteiger partial charge in [-0.15, -0.1) is 0 Å². The molecule has 5 nitrogen and oxygen atoms in total. The predicted octanol–water partition coefficient (Wildman–Crippen LogP) is 3.86. The lowest BCUT2D eigenvalue weighted by Crippen LogP contribution is -2.02. The van der Waals surface area contributed by atoms with Crippen molar-refractivity contribution in [3.8, 4) is 22.7 Å². The summed E-state index contributed by atoms with van der Waals surface area (Å²) < 4.78 is 6.89. The zero-order chi connectivity index (χ0) is 17.3. The van der Waals surface area contributed by atoms with Crippen LogP contribution in [0.25, 0.3) is 16.9 Å². The number of carboxylic acid groups (broad SMARTS) is 1. The van der Waals surface area contributed by atoms with Crippen LogP contribution in [0.3, 0.4) is 0 Å². The molecule has 5 heteroatoms. The molecule has 0 atom stereocenters. The quantitative estimate of drug-likeness (QED) is 0.792. The lowest BCUT2D eigenvalue weighted by atomic mass is 10.0. The number of carbonyl (C=O) groups is 1. The van der Waals surface area contributed by atoms with Gasteiger partial charge in [0.05, 0.1) is 18.5 Å². The van der Waals surface area contributed by atoms with E-state index in [0.717, 1.165) is 22.5 Å². The number of aromatic nitrogens is 2. The van der Waals surface area contributed by atoms with Crippen molar-refractivity contribution in [3.05, 3.63) is 65.4 Å². The van der Waals surface area contributed by atoms with Crippen molar-refractivity contribution in [1.29, 1.82) is 0 Å². The van der Waals surface area contributed by atoms with E-state index >= 15 is 0 Å². The van der Waals surface area contributed by atoms with E-state index in [2.05, 4.69) is 5.10 Å². The van der Waals surface area contributed by atoms with Gasteiger partial charge in [0.25, 0.3) is 0 Å². The number of hydrogen-bond donors (Lipinski definition) is 1. The topological polar surface area (TPSA) is 64.4 Å². The van der Waals surface area contributed by atoms with Crippen molar-refractivity contribution in [3.63, 3.8) is 0 Å². The van der Waals surface area contributed by atoms with Gasteiger partial charge in [-0.25, -0.2) is 9.48 Å². The first-order valence-corrected chi connectivity index (χ1v) is 7.55. The van der Waals surface area contributed by atoms with Crippen LogP contribution in [0.15, 0.2) is 48.5 Å². The van der Waals surface area contributed by atoms with Gasteiger partial charge in [-0.05, 0) is 49.2 Å². The molecule has 0 saturated carbocycles. The molecule has 0 aliphatic heterocycles. The predicted molar refractivity (Wildman–Crippen MR) is 92.0 cm³/mol. The molecule has 0 saturated heterocycles. The van der Waals surface area contributed by atoms with Crippen LogP contribution in [0.4, 0.5) is 0 Å². The van der Waals surface area contributed by atoms with E-state index < -0.39 is 5.97 Å². The first-order valence-electron chi connectivity index (χ1n) is 7.55. The summed E-state index contributed by atoms with van der Waals surface area (Å²) in [7, 11) is 1.59. The van der Waals surface area contributed by atoms with Gasteiger partial charge in [-0.3, -0.25) is 0 Å². The molecule has 122 valence electrons. The Hall–Kier alpha value is -3.08. The second-order valence-electron chi connectivity index (χ2n) is 5.63. The van der Waals surface area contributed by atoms with Gasteiger partial charge in [0.2, 0.25) is 0 Å². The Balaban J connectivity index is 2.20. The van der Waals surface area contributed by atoms with Gasteiger partial charge in [0.1, 0.15) is 5.75 Å². The third-order valence-corrected chi connectivity index (χ3v) is 4.03. The van der Waals surface area contributed by atoms with Gasteiger partial charge in [-0.1, -0.05) is 18.2 Å². The lowest BCUT2D eigenvalue weighted by molar-refractivity contribution is 0.0690. The largest absolute Gasteiger partial charge is 0.497 e. The number of hydrogen-bond acceptors (Lipinski definition) is 3. The summed E-state index contributed by atoms with van der Waals surface area (Å²) in [5.74, 6) is -0.368. The third-order valence-electron chi connectivity index (χ3n) is 4.03. The van der Waals surface area contributed by atoms with Crippen molar-refractivity contribution >= 4 is 5.97 Å². The number of aryl methyl sites for hydroxylation is 2. The second-order valence-corrected chi connectivity index (χ2v) is 5.63. The molecule has 1 aromatic heterocycles. The molecule has 0 spiro atoms. The van der Waals surface area contributed by atoms with E-state index in [1.54, 1.807) is 17.9 Å². The van der Waals surface area contributed by atoms with E-state index in [1.807, 2.05) is 56.3 Å². The molecule has 3 aromatic rings. The molecule has 0 fully saturated rings. The van der Waals surface area contributed by atoms with E-state index in [4.69, 9.17) is 4.74 Å². The Morgan fingerprint density at radius 3 is 2.54 bits per heavy atom. The minimum absolute atomic E-state index is 0.00560. The molecule has 0 aliphatic carbocycles. The maximum Gasteiger partial charge on any atom is 0.356 e. The minimum Gasteiger partial charge on any atom is -0.497 e. The first-order chi connectivity index (χ1) is 11.5. The fourth-order valence-corrected chi connectivity index (χ4v) is 2.53. The second kappa shape index (κ2) is 6.20. The van der Waals surface area contributed by atoms with Gasteiger partial charge in [-0.2, -0.15) is 5.10 Å². The molecule has 0 amide bonds. The van der Waals surface area contributed by atoms with Crippen molar-refractivity contribution in [2.75, 3.05) is 7.11 Å². The van der Waals surface area contributed by atoms with Crippen LogP contribution in [-0.2, 0) is 0 Å². The third kappa shape index (κ3) is 2.88. The highest BCUT2D eigenvalue weighted by Gasteiger charge is 2.16. The van der Waals surface area contributed by atoms with Crippen LogP contribution in [0, 0.1) is 13.8 Å². The highest BCUT2D eigenvalue weighted by Crippen LogP contribution is 2.27. The smallest absolute Gasteiger partial charge is 0.356 e. The number of aromatic carboxylic acids is 1. The van der Waals surface area contributed by atoms with Crippen LogP contribution in [0.2, 0.25) is 0 Å². The maximum absolute atomic E-state index is 11.4. The maximum atomic E-state index is 11.4. The summed E-state index contributed by atoms with van der Waals surface area (Å²) in [6.07, 6.45) is 0. The fourth-order valence-electron chi connectivity index (χ4n) is 2.53. The van der Waals surface area contributed by atoms with Crippen LogP contribution in [-0.4, -0.2) is 28.0 Å². The Morgan fingerprint density at radius 2 is 1.88 bits per heavy atom. The molecule has 0 radical (unpaired) electrons. The minimum atomic E-state index is -1.05. The normalized spacial score (nSPS) is 10.6. The van der Waals surface area contributed by atoms with Crippen molar-refractivity contribution in [1.82, 2.24) is 9.78 Å². The number of rotatable bonds is 4. The van der Waals surface area contributed by atoms with E-state index in [1.165, 1.54) is 5.56 Å². The van der Waals surface area contributed by atoms with Crippen LogP contribution >= 0.6 is 0 Å². The van der Waals surface area contributed by atoms with Crippen molar-refractivity contribution in [2.24, 2.45) is 0 Å². The number of ether oxygens (including phenoxy) is 1. The molecular weight excluding hydrogens is 304 g/mol. The fraction of sp³-hybridized carbons (Fsp3) is 0.158. The Bertz CT molecular complexity index is 913. The van der Waals surface area contributed by atoms with E-state index in [-0.39, 0.29) is 5.69 Å². The van der Waals surface area contributed by atoms with Gasteiger partial charge < -0.3 is 9.84 Å². The molecule has 0 unspecified atom stereocenters. The monoisotopic (exact) mass is 322 g/mol. The molecular formula is C19H18N2O3. The number of benzene rings is 2. The molecule has 0 bridgehead atoms. The number of methoxy groups -OCH3 is 1. The zero-order valence-electron chi connectivity index (χ0n) is 13.8. The summed E-state index contributed by atoms with van der Waals surface area (Å²) in [5, 5.41) is 13.6. The standard InChI is InChI=1S/C19H18N2O3/c1-12-7-8-14(9-13(12)2)18-11-17(19(22)23)20-21(18)15-5-4-6-16(10-15)24-3/h4-11H,1-3H3,(H,22,23). The van der Waals surface area contributed by atoms with E-state index in [0.29, 0.717) is 5.75 Å². The zero-order valence-corrected chi connectivity index (χ0v) is 13.8. The Kier molecular flexibility index (Phi) is 4.08. The highest BCUT2D eigenvalue weighted by molar-refractivity contribution is 5.87. The van der Waals surface area contributed by atoms with Gasteiger partial charge in [0, 0.05) is 11.6 Å². The molecule has 24 heavy (non-hydrogen) atoms. The molecule has 0 aliphatic rings. The van der Waals surface area contributed by atoms with Crippen molar-refractivity contribution in [2.45, 2.75) is 13.8 Å². The molecule has 1 N–H and O–H groups in total. The Morgan fingerprint density at radius 1 is 1.08 bits per heavy atom. The summed E-state index contributed by atoms with van der Waals surface area (Å²) in [6.45, 7) is 4.07. The van der Waals surface area contributed by atoms with Crippen molar-refractivity contribution < 1.29 is 14.6 Å². The average Bonchev–Trinajstić information content (AvgIpc) is 3.03. The average molecular weight is 322 g/mol. The summed E-state index contributed by atoms with van der Waals surface area (Å²) in [4.78, 5) is 11.4. The van der Waals surface area contributed by atoms with E-state index in [9.17, 15) is 9.90 Å². The number of carboxylic acids is 1. The van der Waals surface area contributed by atoms with Gasteiger partial charge >= 0.3 is 5.97 Å². The van der Waals surface area contributed by atoms with Crippen LogP contribution in [0.5, 0.6) is 5.75 Å². The first kappa shape index (κ1) is 15.8. The summed E-state index contributed by atoms with van der Waals surface area (Å²) in [5.41, 5.74) is 4.72. The molecule has 1 heterocycles. The lowest BCUT2D eigenvalue weighted by Gasteiger charge is -2.10. The molecule has 3 rings (SSSR count). The SMILES string of the molecule is COc1cccc(-n2nc(C(=O)O)cc2-c2ccc(C)c(C)c2)c1. The van der Waals surface area contributed by atoms with Crippen LogP contribution in [0.1, 0.15) is 21.6 Å². The van der Waals surface area contributed by atoms with Gasteiger partial charge in [0.15, 0.2) is 5.69 Å². The Labute approximate surface area is 140 Å². The van der Waals surface area contributed by atoms with Crippen LogP contribution < -0.4 is 4.74 Å². The molecule has 2 aromatic carbocycles.